The molecule has 0 saturated carbocycles. The molecule has 0 aromatic rings. The Morgan fingerprint density at radius 3 is 1.78 bits per heavy atom. The Bertz CT molecular complexity index is 600. The van der Waals surface area contributed by atoms with Crippen LogP contribution in [-0.2, 0) is 23.8 Å². The minimum Gasteiger partial charge on any atom is -0.481 e. The van der Waals surface area contributed by atoms with E-state index in [0.29, 0.717) is 19.3 Å². The predicted octanol–water partition coefficient (Wildman–Crippen LogP) is 4.48. The van der Waals surface area contributed by atoms with Crippen molar-refractivity contribution in [2.24, 2.45) is 0 Å². The van der Waals surface area contributed by atoms with Gasteiger partial charge in [0.2, 0.25) is 0 Å². The number of carbonyl (C=O) groups excluding carboxylic acids is 1. The maximum Gasteiger partial charge on any atom is 0.303 e. The molecule has 37 heavy (non-hydrogen) atoms. The zero-order valence-electron chi connectivity index (χ0n) is 23.0. The standard InChI is InChI=1S/C28H52O9/c1-3-4-5-6-7-8-9-10-11-12-13-14-17-22(18-15-16-19-24(30)31)36-28-27(34)26(33)25(32)23(37-28)20-35-21(2)29/h22-23,25-28,32-34H,3-20H2,1-2H3,(H,30,31). The Kier molecular flexibility index (Phi) is 18.9. The van der Waals surface area contributed by atoms with Gasteiger partial charge in [-0.05, 0) is 19.3 Å². The Hall–Kier alpha value is -1.26. The van der Waals surface area contributed by atoms with Gasteiger partial charge in [0, 0.05) is 13.3 Å². The van der Waals surface area contributed by atoms with Crippen molar-refractivity contribution in [3.8, 4) is 0 Å². The van der Waals surface area contributed by atoms with Crippen LogP contribution in [0.1, 0.15) is 123 Å². The average Bonchev–Trinajstić information content (AvgIpc) is 2.86. The van der Waals surface area contributed by atoms with Crippen LogP contribution in [-0.4, -0.2) is 75.8 Å². The van der Waals surface area contributed by atoms with Gasteiger partial charge in [-0.25, -0.2) is 0 Å². The first-order chi connectivity index (χ1) is 17.8. The number of hydrogen-bond donors (Lipinski definition) is 4. The van der Waals surface area contributed by atoms with Gasteiger partial charge < -0.3 is 34.6 Å². The van der Waals surface area contributed by atoms with E-state index in [4.69, 9.17) is 19.3 Å². The zero-order chi connectivity index (χ0) is 27.5. The maximum atomic E-state index is 11.1. The minimum atomic E-state index is -1.50. The first-order valence-electron chi connectivity index (χ1n) is 14.5. The highest BCUT2D eigenvalue weighted by Crippen LogP contribution is 2.26. The molecule has 0 aromatic carbocycles. The van der Waals surface area contributed by atoms with Crippen molar-refractivity contribution in [1.29, 1.82) is 0 Å². The lowest BCUT2D eigenvalue weighted by atomic mass is 9.98. The van der Waals surface area contributed by atoms with E-state index in [-0.39, 0.29) is 19.1 Å². The lowest BCUT2D eigenvalue weighted by Gasteiger charge is -2.41. The van der Waals surface area contributed by atoms with Crippen LogP contribution in [0.3, 0.4) is 0 Å². The van der Waals surface area contributed by atoms with Gasteiger partial charge in [0.25, 0.3) is 0 Å². The highest BCUT2D eigenvalue weighted by Gasteiger charge is 2.45. The SMILES string of the molecule is CCCCCCCCCCCCCCC(CCCCC(=O)O)OC1OC(COC(C)=O)C(O)C(O)C1O. The third-order valence-corrected chi connectivity index (χ3v) is 6.99. The van der Waals surface area contributed by atoms with Gasteiger partial charge in [0.15, 0.2) is 6.29 Å². The summed E-state index contributed by atoms with van der Waals surface area (Å²) in [5.41, 5.74) is 0. The van der Waals surface area contributed by atoms with E-state index in [1.165, 1.54) is 64.7 Å². The van der Waals surface area contributed by atoms with Crippen molar-refractivity contribution < 1.29 is 44.2 Å². The summed E-state index contributed by atoms with van der Waals surface area (Å²) in [6, 6.07) is 0. The van der Waals surface area contributed by atoms with Gasteiger partial charge >= 0.3 is 11.9 Å². The number of aliphatic hydroxyl groups excluding tert-OH is 3. The molecular weight excluding hydrogens is 480 g/mol. The van der Waals surface area contributed by atoms with Crippen molar-refractivity contribution in [3.63, 3.8) is 0 Å². The van der Waals surface area contributed by atoms with E-state index in [9.17, 15) is 24.9 Å². The lowest BCUT2D eigenvalue weighted by molar-refractivity contribution is -0.312. The second-order valence-corrected chi connectivity index (χ2v) is 10.4. The molecule has 1 saturated heterocycles. The fourth-order valence-corrected chi connectivity index (χ4v) is 4.70. The molecule has 9 heteroatoms. The summed E-state index contributed by atoms with van der Waals surface area (Å²) < 4.78 is 16.6. The Morgan fingerprint density at radius 2 is 1.27 bits per heavy atom. The number of ether oxygens (including phenoxy) is 3. The van der Waals surface area contributed by atoms with E-state index < -0.39 is 42.6 Å². The molecular formula is C28H52O9. The molecule has 1 heterocycles. The first kappa shape index (κ1) is 33.8. The predicted molar refractivity (Wildman–Crippen MR) is 140 cm³/mol. The number of carboxylic acids is 1. The molecule has 6 atom stereocenters. The molecule has 1 fully saturated rings. The van der Waals surface area contributed by atoms with E-state index in [0.717, 1.165) is 25.7 Å². The van der Waals surface area contributed by atoms with Crippen LogP contribution in [0.5, 0.6) is 0 Å². The molecule has 1 rings (SSSR count). The molecule has 9 nitrogen and oxygen atoms in total. The molecule has 1 aliphatic rings. The largest absolute Gasteiger partial charge is 0.481 e. The summed E-state index contributed by atoms with van der Waals surface area (Å²) in [6.07, 6.45) is 10.6. The van der Waals surface area contributed by atoms with Gasteiger partial charge in [0.1, 0.15) is 31.0 Å². The van der Waals surface area contributed by atoms with Gasteiger partial charge in [-0.2, -0.15) is 0 Å². The molecule has 0 aromatic heterocycles. The second kappa shape index (κ2) is 20.7. The number of carboxylic acid groups (broad SMARTS) is 1. The van der Waals surface area contributed by atoms with Crippen LogP contribution in [0.15, 0.2) is 0 Å². The Labute approximate surface area is 222 Å². The summed E-state index contributed by atoms with van der Waals surface area (Å²) in [5.74, 6) is -1.38. The first-order valence-corrected chi connectivity index (χ1v) is 14.5. The van der Waals surface area contributed by atoms with Crippen molar-refractivity contribution >= 4 is 11.9 Å². The topological polar surface area (TPSA) is 143 Å². The van der Waals surface area contributed by atoms with E-state index in [2.05, 4.69) is 6.92 Å². The quantitative estimate of drug-likeness (QED) is 0.117. The molecule has 218 valence electrons. The zero-order valence-corrected chi connectivity index (χ0v) is 23.0. The van der Waals surface area contributed by atoms with Crippen LogP contribution in [0.2, 0.25) is 0 Å². The number of rotatable bonds is 22. The van der Waals surface area contributed by atoms with Gasteiger partial charge in [-0.3, -0.25) is 9.59 Å². The maximum absolute atomic E-state index is 11.1. The number of carbonyl (C=O) groups is 2. The van der Waals surface area contributed by atoms with Gasteiger partial charge in [-0.15, -0.1) is 0 Å². The van der Waals surface area contributed by atoms with Crippen molar-refractivity contribution in [1.82, 2.24) is 0 Å². The molecule has 0 spiro atoms. The van der Waals surface area contributed by atoms with Crippen LogP contribution in [0, 0.1) is 0 Å². The van der Waals surface area contributed by atoms with E-state index in [1.807, 2.05) is 0 Å². The average molecular weight is 533 g/mol. The number of aliphatic hydroxyl groups is 3. The Morgan fingerprint density at radius 1 is 0.757 bits per heavy atom. The molecule has 0 aliphatic carbocycles. The van der Waals surface area contributed by atoms with Crippen molar-refractivity contribution in [2.45, 2.75) is 160 Å². The molecule has 4 N–H and O–H groups in total. The number of hydrogen-bond acceptors (Lipinski definition) is 8. The van der Waals surface area contributed by atoms with Crippen molar-refractivity contribution in [3.05, 3.63) is 0 Å². The number of esters is 1. The number of unbranched alkanes of at least 4 members (excludes halogenated alkanes) is 12. The van der Waals surface area contributed by atoms with Crippen LogP contribution in [0.25, 0.3) is 0 Å². The second-order valence-electron chi connectivity index (χ2n) is 10.4. The highest BCUT2D eigenvalue weighted by molar-refractivity contribution is 5.66. The van der Waals surface area contributed by atoms with Crippen LogP contribution < -0.4 is 0 Å². The van der Waals surface area contributed by atoms with Gasteiger partial charge in [0.05, 0.1) is 6.10 Å². The van der Waals surface area contributed by atoms with Crippen LogP contribution >= 0.6 is 0 Å². The number of aliphatic carboxylic acids is 1. The molecule has 1 aliphatic heterocycles. The summed E-state index contributed by atoms with van der Waals surface area (Å²) in [7, 11) is 0. The van der Waals surface area contributed by atoms with E-state index >= 15 is 0 Å². The summed E-state index contributed by atoms with van der Waals surface area (Å²) in [6.45, 7) is 3.21. The highest BCUT2D eigenvalue weighted by atomic mass is 16.7. The van der Waals surface area contributed by atoms with Crippen LogP contribution in [0.4, 0.5) is 0 Å². The fraction of sp³-hybridized carbons (Fsp3) is 0.929. The molecule has 0 amide bonds. The minimum absolute atomic E-state index is 0.0866. The monoisotopic (exact) mass is 532 g/mol. The normalized spacial score (nSPS) is 24.6. The third-order valence-electron chi connectivity index (χ3n) is 6.99. The molecule has 6 unspecified atom stereocenters. The summed E-state index contributed by atoms with van der Waals surface area (Å²) in [5, 5.41) is 39.8. The summed E-state index contributed by atoms with van der Waals surface area (Å²) >= 11 is 0. The molecule has 0 radical (unpaired) electrons. The summed E-state index contributed by atoms with van der Waals surface area (Å²) in [4.78, 5) is 22.0. The fourth-order valence-electron chi connectivity index (χ4n) is 4.70. The van der Waals surface area contributed by atoms with Crippen molar-refractivity contribution in [2.75, 3.05) is 6.61 Å². The molecule has 0 bridgehead atoms. The third kappa shape index (κ3) is 15.7. The van der Waals surface area contributed by atoms with E-state index in [1.54, 1.807) is 0 Å². The smallest absolute Gasteiger partial charge is 0.303 e. The Balaban J connectivity index is 2.45. The lowest BCUT2D eigenvalue weighted by Crippen LogP contribution is -2.60. The van der Waals surface area contributed by atoms with Gasteiger partial charge in [-0.1, -0.05) is 90.4 Å².